The van der Waals surface area contributed by atoms with Crippen LogP contribution < -0.4 is 10.2 Å². The van der Waals surface area contributed by atoms with Gasteiger partial charge in [0.1, 0.15) is 14.5 Å². The molecule has 0 unspecified atom stereocenters. The summed E-state index contributed by atoms with van der Waals surface area (Å²) in [5, 5.41) is 0. The van der Waals surface area contributed by atoms with Crippen LogP contribution in [0.15, 0.2) is 30.5 Å². The van der Waals surface area contributed by atoms with Gasteiger partial charge < -0.3 is 4.74 Å². The van der Waals surface area contributed by atoms with Crippen LogP contribution in [-0.2, 0) is 6.61 Å². The standard InChI is InChI=1S/C12H10BFN2O/c1-8-11(14)6-15-12(16-8)17-7-9-2-4-10(13)5-3-9/h2-6H,7H2,1H3. The Hall–Kier alpha value is -1.91. The van der Waals surface area contributed by atoms with Crippen molar-refractivity contribution in [1.29, 1.82) is 0 Å². The van der Waals surface area contributed by atoms with E-state index in [1.807, 2.05) is 12.1 Å². The van der Waals surface area contributed by atoms with Gasteiger partial charge in [-0.3, -0.25) is 0 Å². The number of ether oxygens (including phenoxy) is 1. The van der Waals surface area contributed by atoms with Gasteiger partial charge in [0.05, 0.1) is 11.9 Å². The van der Waals surface area contributed by atoms with Gasteiger partial charge in [0.25, 0.3) is 0 Å². The second kappa shape index (κ2) is 4.95. The first kappa shape index (κ1) is 11.6. The quantitative estimate of drug-likeness (QED) is 0.742. The van der Waals surface area contributed by atoms with E-state index in [9.17, 15) is 4.39 Å². The Morgan fingerprint density at radius 2 is 2.00 bits per heavy atom. The predicted octanol–water partition coefficient (Wildman–Crippen LogP) is 1.30. The van der Waals surface area contributed by atoms with Gasteiger partial charge in [-0.2, -0.15) is 4.98 Å². The highest BCUT2D eigenvalue weighted by Crippen LogP contribution is 2.08. The summed E-state index contributed by atoms with van der Waals surface area (Å²) in [6.07, 6.45) is 1.10. The third-order valence-corrected chi connectivity index (χ3v) is 2.24. The number of rotatable bonds is 3. The Balaban J connectivity index is 2.02. The number of nitrogens with zero attached hydrogens (tertiary/aromatic N) is 2. The molecule has 1 aromatic heterocycles. The summed E-state index contributed by atoms with van der Waals surface area (Å²) in [4.78, 5) is 7.61. The third kappa shape index (κ3) is 3.03. The minimum Gasteiger partial charge on any atom is -0.459 e. The van der Waals surface area contributed by atoms with Gasteiger partial charge in [0.15, 0.2) is 5.82 Å². The molecule has 0 fully saturated rings. The normalized spacial score (nSPS) is 10.2. The maximum Gasteiger partial charge on any atom is 0.317 e. The van der Waals surface area contributed by atoms with Gasteiger partial charge in [-0.25, -0.2) is 9.37 Å². The van der Waals surface area contributed by atoms with E-state index in [0.29, 0.717) is 12.1 Å². The van der Waals surface area contributed by atoms with Gasteiger partial charge in [-0.05, 0) is 12.5 Å². The molecule has 0 saturated heterocycles. The van der Waals surface area contributed by atoms with Gasteiger partial charge in [-0.15, -0.1) is 0 Å². The molecule has 0 aliphatic rings. The highest BCUT2D eigenvalue weighted by Gasteiger charge is 2.03. The molecule has 2 radical (unpaired) electrons. The second-order valence-corrected chi connectivity index (χ2v) is 3.62. The molecule has 17 heavy (non-hydrogen) atoms. The van der Waals surface area contributed by atoms with Gasteiger partial charge >= 0.3 is 6.01 Å². The molecule has 0 saturated carbocycles. The number of benzene rings is 1. The van der Waals surface area contributed by atoms with Crippen LogP contribution >= 0.6 is 0 Å². The third-order valence-electron chi connectivity index (χ3n) is 2.24. The van der Waals surface area contributed by atoms with Crippen LogP contribution in [0.4, 0.5) is 4.39 Å². The molecule has 2 rings (SSSR count). The first-order valence-electron chi connectivity index (χ1n) is 5.11. The van der Waals surface area contributed by atoms with Crippen molar-refractivity contribution in [3.63, 3.8) is 0 Å². The lowest BCUT2D eigenvalue weighted by Gasteiger charge is -2.05. The smallest absolute Gasteiger partial charge is 0.317 e. The molecule has 1 aromatic carbocycles. The lowest BCUT2D eigenvalue weighted by Crippen LogP contribution is -2.04. The summed E-state index contributed by atoms with van der Waals surface area (Å²) >= 11 is 0. The predicted molar refractivity (Wildman–Crippen MR) is 62.9 cm³/mol. The summed E-state index contributed by atoms with van der Waals surface area (Å²) in [7, 11) is 5.56. The van der Waals surface area contributed by atoms with Gasteiger partial charge in [0.2, 0.25) is 0 Å². The van der Waals surface area contributed by atoms with Crippen molar-refractivity contribution < 1.29 is 9.13 Å². The van der Waals surface area contributed by atoms with E-state index in [1.165, 1.54) is 0 Å². The van der Waals surface area contributed by atoms with E-state index < -0.39 is 5.82 Å². The molecule has 0 amide bonds. The summed E-state index contributed by atoms with van der Waals surface area (Å²) in [6, 6.07) is 7.45. The average molecular weight is 228 g/mol. The largest absolute Gasteiger partial charge is 0.459 e. The van der Waals surface area contributed by atoms with E-state index in [-0.39, 0.29) is 11.7 Å². The number of hydrogen-bond donors (Lipinski definition) is 0. The summed E-state index contributed by atoms with van der Waals surface area (Å²) < 4.78 is 18.2. The molecule has 0 aliphatic carbocycles. The minimum atomic E-state index is -0.440. The van der Waals surface area contributed by atoms with Crippen molar-refractivity contribution in [2.24, 2.45) is 0 Å². The van der Waals surface area contributed by atoms with Crippen LogP contribution in [-0.4, -0.2) is 17.8 Å². The van der Waals surface area contributed by atoms with Crippen molar-refractivity contribution in [3.05, 3.63) is 47.5 Å². The Morgan fingerprint density at radius 3 is 2.65 bits per heavy atom. The summed E-state index contributed by atoms with van der Waals surface area (Å²) in [6.45, 7) is 1.89. The highest BCUT2D eigenvalue weighted by molar-refractivity contribution is 6.32. The van der Waals surface area contributed by atoms with Crippen molar-refractivity contribution in [2.45, 2.75) is 13.5 Å². The molecule has 0 bridgehead atoms. The fraction of sp³-hybridized carbons (Fsp3) is 0.167. The Morgan fingerprint density at radius 1 is 1.29 bits per heavy atom. The van der Waals surface area contributed by atoms with Gasteiger partial charge in [0, 0.05) is 0 Å². The number of aromatic nitrogens is 2. The van der Waals surface area contributed by atoms with E-state index >= 15 is 0 Å². The molecule has 1 heterocycles. The van der Waals surface area contributed by atoms with Crippen LogP contribution in [0.1, 0.15) is 11.3 Å². The maximum atomic E-state index is 12.9. The fourth-order valence-electron chi connectivity index (χ4n) is 1.26. The van der Waals surface area contributed by atoms with Crippen LogP contribution in [0.3, 0.4) is 0 Å². The van der Waals surface area contributed by atoms with Gasteiger partial charge in [-0.1, -0.05) is 29.7 Å². The van der Waals surface area contributed by atoms with Crippen molar-refractivity contribution in [2.75, 3.05) is 0 Å². The van der Waals surface area contributed by atoms with Crippen LogP contribution in [0.25, 0.3) is 0 Å². The zero-order valence-electron chi connectivity index (χ0n) is 9.35. The Bertz CT molecular complexity index is 516. The second-order valence-electron chi connectivity index (χ2n) is 3.62. The summed E-state index contributed by atoms with van der Waals surface area (Å²) in [5.41, 5.74) is 1.92. The number of hydrogen-bond acceptors (Lipinski definition) is 3. The van der Waals surface area contributed by atoms with Crippen molar-refractivity contribution in [3.8, 4) is 6.01 Å². The van der Waals surface area contributed by atoms with E-state index in [4.69, 9.17) is 12.6 Å². The lowest BCUT2D eigenvalue weighted by molar-refractivity contribution is 0.278. The van der Waals surface area contributed by atoms with Crippen LogP contribution in [0.5, 0.6) is 6.01 Å². The fourth-order valence-corrected chi connectivity index (χ4v) is 1.26. The molecular formula is C12H10BFN2O. The highest BCUT2D eigenvalue weighted by atomic mass is 19.1. The van der Waals surface area contributed by atoms with E-state index in [1.54, 1.807) is 19.1 Å². The molecule has 3 nitrogen and oxygen atoms in total. The lowest BCUT2D eigenvalue weighted by atomic mass is 9.95. The van der Waals surface area contributed by atoms with Crippen LogP contribution in [0, 0.1) is 12.7 Å². The molecule has 0 atom stereocenters. The Kier molecular flexibility index (Phi) is 3.37. The average Bonchev–Trinajstić information content (AvgIpc) is 2.33. The van der Waals surface area contributed by atoms with E-state index in [0.717, 1.165) is 11.8 Å². The monoisotopic (exact) mass is 228 g/mol. The topological polar surface area (TPSA) is 35.0 Å². The minimum absolute atomic E-state index is 0.167. The maximum absolute atomic E-state index is 12.9. The molecule has 0 spiro atoms. The SMILES string of the molecule is [B]c1ccc(COc2ncc(F)c(C)n2)cc1. The van der Waals surface area contributed by atoms with Crippen molar-refractivity contribution in [1.82, 2.24) is 9.97 Å². The zero-order chi connectivity index (χ0) is 12.3. The first-order chi connectivity index (χ1) is 8.15. The molecular weight excluding hydrogens is 218 g/mol. The molecule has 2 aromatic rings. The zero-order valence-corrected chi connectivity index (χ0v) is 9.35. The number of aryl methyl sites for hydroxylation is 1. The van der Waals surface area contributed by atoms with Crippen molar-refractivity contribution >= 4 is 13.3 Å². The molecule has 5 heteroatoms. The summed E-state index contributed by atoms with van der Waals surface area (Å²) in [5.74, 6) is -0.440. The molecule has 0 aliphatic heterocycles. The first-order valence-corrected chi connectivity index (χ1v) is 5.11. The number of halogens is 1. The molecule has 0 N–H and O–H groups in total. The Labute approximate surface area is 100 Å². The molecule has 84 valence electrons. The van der Waals surface area contributed by atoms with E-state index in [2.05, 4.69) is 9.97 Å². The van der Waals surface area contributed by atoms with Crippen LogP contribution in [0.2, 0.25) is 0 Å².